The third kappa shape index (κ3) is 3.04. The third-order valence-electron chi connectivity index (χ3n) is 2.49. The molecule has 0 saturated carbocycles. The number of rotatable bonds is 3. The van der Waals surface area contributed by atoms with Gasteiger partial charge in [-0.1, -0.05) is 6.07 Å². The summed E-state index contributed by atoms with van der Waals surface area (Å²) < 4.78 is 26.8. The molecule has 2 rings (SSSR count). The topological polar surface area (TPSA) is 55.2 Å². The fourth-order valence-electron chi connectivity index (χ4n) is 1.64. The van der Waals surface area contributed by atoms with E-state index in [1.165, 1.54) is 12.1 Å². The summed E-state index contributed by atoms with van der Waals surface area (Å²) in [5, 5.41) is 13.2. The molecule has 0 aromatic heterocycles. The Morgan fingerprint density at radius 3 is 2.58 bits per heavy atom. The lowest BCUT2D eigenvalue weighted by atomic mass is 10.2. The summed E-state index contributed by atoms with van der Waals surface area (Å²) in [6.07, 6.45) is 0. The number of anilines is 2. The second-order valence-corrected chi connectivity index (χ2v) is 4.06. The minimum absolute atomic E-state index is 0.121. The summed E-state index contributed by atoms with van der Waals surface area (Å²) in [7, 11) is 0. The molecule has 0 aliphatic carbocycles. The molecule has 0 radical (unpaired) electrons. The summed E-state index contributed by atoms with van der Waals surface area (Å²) >= 11 is 0. The van der Waals surface area contributed by atoms with Crippen LogP contribution in [0.3, 0.4) is 0 Å². The number of nitrogens with one attached hydrogen (secondary N) is 1. The Hall–Kier alpha value is -2.50. The largest absolute Gasteiger partial charge is 0.353 e. The van der Waals surface area contributed by atoms with E-state index < -0.39 is 22.2 Å². The van der Waals surface area contributed by atoms with Crippen LogP contribution in [0.25, 0.3) is 0 Å². The highest BCUT2D eigenvalue weighted by molar-refractivity contribution is 5.63. The fourth-order valence-corrected chi connectivity index (χ4v) is 1.64. The molecule has 1 N–H and O–H groups in total. The molecule has 0 aliphatic rings. The zero-order valence-corrected chi connectivity index (χ0v) is 9.98. The van der Waals surface area contributed by atoms with E-state index in [4.69, 9.17) is 0 Å². The van der Waals surface area contributed by atoms with Crippen LogP contribution in [0.15, 0.2) is 36.4 Å². The summed E-state index contributed by atoms with van der Waals surface area (Å²) in [5.41, 5.74) is 0.682. The lowest BCUT2D eigenvalue weighted by Gasteiger charge is -2.08. The summed E-state index contributed by atoms with van der Waals surface area (Å²) in [5.74, 6) is -1.28. The van der Waals surface area contributed by atoms with E-state index in [1.54, 1.807) is 13.0 Å². The molecule has 98 valence electrons. The van der Waals surface area contributed by atoms with Crippen molar-refractivity contribution < 1.29 is 13.7 Å². The van der Waals surface area contributed by atoms with E-state index in [2.05, 4.69) is 5.32 Å². The first-order valence-electron chi connectivity index (χ1n) is 5.44. The molecule has 0 fully saturated rings. The summed E-state index contributed by atoms with van der Waals surface area (Å²) in [4.78, 5) is 9.91. The molecule has 0 amide bonds. The Bertz CT molecular complexity index is 645. The first-order valence-corrected chi connectivity index (χ1v) is 5.44. The summed E-state index contributed by atoms with van der Waals surface area (Å²) in [6, 6.07) is 7.41. The molecule has 0 saturated heterocycles. The van der Waals surface area contributed by atoms with Gasteiger partial charge in [-0.25, -0.2) is 8.78 Å². The standard InChI is InChI=1S/C13H10F2N2O2/c1-8-2-3-12(15)13(4-8)16-10-5-9(14)6-11(7-10)17(18)19/h2-7,16H,1H3. The monoisotopic (exact) mass is 264 g/mol. The number of nitro benzene ring substituents is 1. The highest BCUT2D eigenvalue weighted by atomic mass is 19.1. The van der Waals surface area contributed by atoms with Crippen molar-refractivity contribution in [3.8, 4) is 0 Å². The van der Waals surface area contributed by atoms with Crippen LogP contribution in [-0.4, -0.2) is 4.92 Å². The molecule has 0 aliphatic heterocycles. The zero-order chi connectivity index (χ0) is 14.0. The lowest BCUT2D eigenvalue weighted by Crippen LogP contribution is -1.97. The van der Waals surface area contributed by atoms with Gasteiger partial charge in [0.15, 0.2) is 0 Å². The molecule has 4 nitrogen and oxygen atoms in total. The highest BCUT2D eigenvalue weighted by Crippen LogP contribution is 2.25. The maximum atomic E-state index is 13.5. The smallest absolute Gasteiger partial charge is 0.274 e. The molecule has 0 unspecified atom stereocenters. The number of nitrogens with zero attached hydrogens (tertiary/aromatic N) is 1. The van der Waals surface area contributed by atoms with E-state index in [0.717, 1.165) is 23.8 Å². The number of halogens is 2. The molecule has 0 spiro atoms. The van der Waals surface area contributed by atoms with E-state index in [9.17, 15) is 18.9 Å². The van der Waals surface area contributed by atoms with Crippen LogP contribution in [-0.2, 0) is 0 Å². The van der Waals surface area contributed by atoms with Crippen LogP contribution in [0.5, 0.6) is 0 Å². The average molecular weight is 264 g/mol. The second-order valence-electron chi connectivity index (χ2n) is 4.06. The fraction of sp³-hybridized carbons (Fsp3) is 0.0769. The number of hydrogen-bond donors (Lipinski definition) is 1. The van der Waals surface area contributed by atoms with Crippen molar-refractivity contribution >= 4 is 17.1 Å². The van der Waals surface area contributed by atoms with Crippen molar-refractivity contribution in [1.29, 1.82) is 0 Å². The molecule has 2 aromatic rings. The molecule has 0 bridgehead atoms. The number of aryl methyl sites for hydroxylation is 1. The van der Waals surface area contributed by atoms with Gasteiger partial charge in [0.25, 0.3) is 5.69 Å². The maximum Gasteiger partial charge on any atom is 0.274 e. The van der Waals surface area contributed by atoms with Crippen LogP contribution in [0.4, 0.5) is 25.8 Å². The van der Waals surface area contributed by atoms with Crippen molar-refractivity contribution in [1.82, 2.24) is 0 Å². The van der Waals surface area contributed by atoms with Gasteiger partial charge in [-0.3, -0.25) is 10.1 Å². The van der Waals surface area contributed by atoms with Crippen LogP contribution < -0.4 is 5.32 Å². The zero-order valence-electron chi connectivity index (χ0n) is 9.98. The number of nitro groups is 1. The van der Waals surface area contributed by atoms with Gasteiger partial charge < -0.3 is 5.32 Å². The molecule has 6 heteroatoms. The van der Waals surface area contributed by atoms with Gasteiger partial charge in [0.1, 0.15) is 11.6 Å². The van der Waals surface area contributed by atoms with Crippen LogP contribution in [0, 0.1) is 28.7 Å². The van der Waals surface area contributed by atoms with E-state index in [1.807, 2.05) is 0 Å². The van der Waals surface area contributed by atoms with Crippen molar-refractivity contribution in [2.45, 2.75) is 6.92 Å². The number of hydrogen-bond acceptors (Lipinski definition) is 3. The first kappa shape index (κ1) is 12.9. The van der Waals surface area contributed by atoms with Gasteiger partial charge in [0, 0.05) is 11.8 Å². The van der Waals surface area contributed by atoms with Gasteiger partial charge in [0.05, 0.1) is 16.7 Å². The molecule has 0 atom stereocenters. The normalized spacial score (nSPS) is 10.3. The predicted molar refractivity (Wildman–Crippen MR) is 67.5 cm³/mol. The predicted octanol–water partition coefficient (Wildman–Crippen LogP) is 3.93. The quantitative estimate of drug-likeness (QED) is 0.675. The van der Waals surface area contributed by atoms with Crippen molar-refractivity contribution in [2.75, 3.05) is 5.32 Å². The minimum Gasteiger partial charge on any atom is -0.353 e. The molecular formula is C13H10F2N2O2. The van der Waals surface area contributed by atoms with E-state index >= 15 is 0 Å². The Balaban J connectivity index is 2.38. The Labute approximate surface area is 107 Å². The second kappa shape index (κ2) is 5.01. The van der Waals surface area contributed by atoms with Gasteiger partial charge >= 0.3 is 0 Å². The van der Waals surface area contributed by atoms with Crippen molar-refractivity contribution in [3.05, 3.63) is 63.7 Å². The molecule has 0 heterocycles. The first-order chi connectivity index (χ1) is 8.95. The lowest BCUT2D eigenvalue weighted by molar-refractivity contribution is -0.385. The van der Waals surface area contributed by atoms with Crippen molar-refractivity contribution in [2.24, 2.45) is 0 Å². The van der Waals surface area contributed by atoms with Gasteiger partial charge in [-0.05, 0) is 30.7 Å². The average Bonchev–Trinajstić information content (AvgIpc) is 2.33. The van der Waals surface area contributed by atoms with Crippen LogP contribution >= 0.6 is 0 Å². The molecule has 2 aromatic carbocycles. The van der Waals surface area contributed by atoms with Gasteiger partial charge in [-0.2, -0.15) is 0 Å². The SMILES string of the molecule is Cc1ccc(F)c(Nc2cc(F)cc([N+](=O)[O-])c2)c1. The highest BCUT2D eigenvalue weighted by Gasteiger charge is 2.11. The molecular weight excluding hydrogens is 254 g/mol. The summed E-state index contributed by atoms with van der Waals surface area (Å²) in [6.45, 7) is 1.78. The Morgan fingerprint density at radius 1 is 1.16 bits per heavy atom. The number of non-ortho nitro benzene ring substituents is 1. The Morgan fingerprint density at radius 2 is 1.89 bits per heavy atom. The van der Waals surface area contributed by atoms with Gasteiger partial charge in [0.2, 0.25) is 0 Å². The number of benzene rings is 2. The van der Waals surface area contributed by atoms with Crippen LogP contribution in [0.2, 0.25) is 0 Å². The third-order valence-corrected chi connectivity index (χ3v) is 2.49. The Kier molecular flexibility index (Phi) is 3.41. The van der Waals surface area contributed by atoms with Gasteiger partial charge in [-0.15, -0.1) is 0 Å². The van der Waals surface area contributed by atoms with E-state index in [-0.39, 0.29) is 11.4 Å². The van der Waals surface area contributed by atoms with Crippen LogP contribution in [0.1, 0.15) is 5.56 Å². The van der Waals surface area contributed by atoms with Crippen molar-refractivity contribution in [3.63, 3.8) is 0 Å². The molecule has 19 heavy (non-hydrogen) atoms. The maximum absolute atomic E-state index is 13.5. The van der Waals surface area contributed by atoms with E-state index in [0.29, 0.717) is 0 Å². The minimum atomic E-state index is -0.759.